The van der Waals surface area contributed by atoms with E-state index in [-0.39, 0.29) is 35.5 Å². The highest BCUT2D eigenvalue weighted by atomic mass is 28.5. The van der Waals surface area contributed by atoms with E-state index in [0.717, 1.165) is 56.7 Å². The van der Waals surface area contributed by atoms with Gasteiger partial charge in [0.2, 0.25) is 0 Å². The van der Waals surface area contributed by atoms with Gasteiger partial charge < -0.3 is 41.3 Å². The Labute approximate surface area is 360 Å². The topological polar surface area (TPSA) is 140 Å². The van der Waals surface area contributed by atoms with Crippen LogP contribution in [0.4, 0.5) is 9.59 Å². The van der Waals surface area contributed by atoms with Crippen LogP contribution in [0.1, 0.15) is 72.6 Å². The maximum Gasteiger partial charge on any atom is 0.407 e. The van der Waals surface area contributed by atoms with E-state index in [4.69, 9.17) is 30.7 Å². The third-order valence-corrected chi connectivity index (χ3v) is 28.8. The van der Waals surface area contributed by atoms with Crippen molar-refractivity contribution in [3.05, 3.63) is 12.7 Å². The van der Waals surface area contributed by atoms with Gasteiger partial charge in [-0.15, -0.1) is 0 Å². The normalized spacial score (nSPS) is 19.6. The fourth-order valence-electron chi connectivity index (χ4n) is 8.77. The molecule has 58 heavy (non-hydrogen) atoms. The highest BCUT2D eigenvalue weighted by Crippen LogP contribution is 2.46. The number of hydrogen-bond acceptors (Lipinski definition) is 10. The zero-order chi connectivity index (χ0) is 45.1. The standard InChI is InChI=1S/C40H86N2O10Si6/c1-20-35(43)46-25-26-47-37(45)42-34-29-38(2,3)31-40(5,30-34)32-41-36(44)48-33-39(4,23-21-27-57(18,49-53(6,7)8)50-54(9,10)11)24-22-28-58(19,51-55(12,13)14)52-56(15,16)17/h20,34H,1,21-33H2,2-19H3,(H,41,44)(H,42,45). The number of nitrogens with one attached hydrogen (secondary N) is 2. The highest BCUT2D eigenvalue weighted by molar-refractivity contribution is 6.88. The lowest BCUT2D eigenvalue weighted by Gasteiger charge is -2.46. The predicted molar refractivity (Wildman–Crippen MR) is 252 cm³/mol. The molecule has 18 heteroatoms. The minimum atomic E-state index is -2.44. The Kier molecular flexibility index (Phi) is 20.6. The Morgan fingerprint density at radius 2 is 1.10 bits per heavy atom. The maximum atomic E-state index is 13.5. The summed E-state index contributed by atoms with van der Waals surface area (Å²) in [7, 11) is -12.2. The van der Waals surface area contributed by atoms with E-state index >= 15 is 0 Å². The first-order valence-corrected chi connectivity index (χ1v) is 40.1. The molecule has 0 radical (unpaired) electrons. The molecule has 0 saturated heterocycles. The van der Waals surface area contributed by atoms with Crippen LogP contribution in [0, 0.1) is 16.2 Å². The molecule has 1 fully saturated rings. The second-order valence-electron chi connectivity index (χ2n) is 22.5. The summed E-state index contributed by atoms with van der Waals surface area (Å²) >= 11 is 0. The Morgan fingerprint density at radius 3 is 1.52 bits per heavy atom. The van der Waals surface area contributed by atoms with Crippen LogP contribution in [0.15, 0.2) is 12.7 Å². The van der Waals surface area contributed by atoms with Crippen LogP contribution < -0.4 is 10.6 Å². The van der Waals surface area contributed by atoms with Crippen LogP contribution in [0.3, 0.4) is 0 Å². The number of esters is 1. The first kappa shape index (κ1) is 54.9. The SMILES string of the molecule is C=CC(=O)OCCOC(=O)NC1CC(C)(C)CC(C)(CNC(=O)OCC(C)(CCC[Si](C)(O[Si](C)(C)C)O[Si](C)(C)C)CCC[Si](C)(O[Si](C)(C)C)O[Si](C)(C)C)C1. The Bertz CT molecular complexity index is 1260. The van der Waals surface area contributed by atoms with Gasteiger partial charge in [0.15, 0.2) is 33.3 Å². The molecular formula is C40H86N2O10Si6. The third-order valence-electron chi connectivity index (χ3n) is 9.61. The molecule has 1 saturated carbocycles. The molecule has 12 nitrogen and oxygen atoms in total. The van der Waals surface area contributed by atoms with Gasteiger partial charge in [0.05, 0.1) is 6.61 Å². The number of alkyl carbamates (subject to hydrolysis) is 2. The molecule has 0 aromatic heterocycles. The highest BCUT2D eigenvalue weighted by Gasteiger charge is 2.44. The quantitative estimate of drug-likeness (QED) is 0.0299. The summed E-state index contributed by atoms with van der Waals surface area (Å²) in [4.78, 5) is 37.4. The number of carbonyl (C=O) groups is 3. The summed E-state index contributed by atoms with van der Waals surface area (Å²) in [5.74, 6) is -0.565. The lowest BCUT2D eigenvalue weighted by Crippen LogP contribution is -2.52. The molecule has 2 atom stereocenters. The number of amides is 2. The minimum Gasteiger partial charge on any atom is -0.459 e. The van der Waals surface area contributed by atoms with Crippen molar-refractivity contribution in [3.8, 4) is 0 Å². The number of rotatable bonds is 25. The molecule has 2 amide bonds. The fourth-order valence-corrected chi connectivity index (χ4v) is 33.8. The van der Waals surface area contributed by atoms with Crippen molar-refractivity contribution in [2.75, 3.05) is 26.4 Å². The van der Waals surface area contributed by atoms with Crippen molar-refractivity contribution in [1.82, 2.24) is 10.6 Å². The summed E-state index contributed by atoms with van der Waals surface area (Å²) in [6.07, 6.45) is 5.98. The van der Waals surface area contributed by atoms with Gasteiger partial charge in [-0.05, 0) is 147 Å². The molecule has 1 rings (SSSR count). The van der Waals surface area contributed by atoms with Crippen LogP contribution in [0.25, 0.3) is 0 Å². The van der Waals surface area contributed by atoms with Crippen molar-refractivity contribution < 1.29 is 45.1 Å². The lowest BCUT2D eigenvalue weighted by molar-refractivity contribution is -0.138. The fraction of sp³-hybridized carbons (Fsp3) is 0.875. The Hall–Kier alpha value is -1.11. The van der Waals surface area contributed by atoms with Gasteiger partial charge in [0.1, 0.15) is 13.2 Å². The van der Waals surface area contributed by atoms with Gasteiger partial charge in [-0.2, -0.15) is 0 Å². The first-order chi connectivity index (χ1) is 26.0. The van der Waals surface area contributed by atoms with Gasteiger partial charge in [0.25, 0.3) is 0 Å². The summed E-state index contributed by atoms with van der Waals surface area (Å²) in [5, 5.41) is 6.08. The Morgan fingerprint density at radius 1 is 0.672 bits per heavy atom. The van der Waals surface area contributed by atoms with E-state index in [1.165, 1.54) is 0 Å². The molecule has 0 spiro atoms. The van der Waals surface area contributed by atoms with Crippen molar-refractivity contribution in [3.63, 3.8) is 0 Å². The zero-order valence-corrected chi connectivity index (χ0v) is 46.1. The number of ether oxygens (including phenoxy) is 3. The van der Waals surface area contributed by atoms with Gasteiger partial charge in [-0.1, -0.05) is 47.1 Å². The second kappa shape index (κ2) is 21.8. The molecular weight excluding hydrogens is 837 g/mol. The summed E-state index contributed by atoms with van der Waals surface area (Å²) in [6, 6.07) is 1.64. The molecule has 0 aromatic carbocycles. The number of carbonyl (C=O) groups excluding carboxylic acids is 3. The molecule has 1 aliphatic carbocycles. The van der Waals surface area contributed by atoms with Crippen LogP contribution >= 0.6 is 0 Å². The summed E-state index contributed by atoms with van der Waals surface area (Å²) in [5.41, 5.74) is -0.638. The second-order valence-corrected chi connectivity index (χ2v) is 48.2. The maximum absolute atomic E-state index is 13.5. The predicted octanol–water partition coefficient (Wildman–Crippen LogP) is 10.9. The van der Waals surface area contributed by atoms with E-state index in [1.54, 1.807) is 0 Å². The smallest absolute Gasteiger partial charge is 0.407 e. The van der Waals surface area contributed by atoms with Gasteiger partial charge >= 0.3 is 35.3 Å². The summed E-state index contributed by atoms with van der Waals surface area (Å²) in [6.45, 7) is 44.1. The third kappa shape index (κ3) is 25.0. The zero-order valence-electron chi connectivity index (χ0n) is 40.1. The molecule has 2 unspecified atom stereocenters. The number of hydrogen-bond donors (Lipinski definition) is 2. The molecule has 340 valence electrons. The van der Waals surface area contributed by atoms with Crippen LogP contribution in [-0.2, 0) is 35.5 Å². The van der Waals surface area contributed by atoms with Gasteiger partial charge in [-0.25, -0.2) is 14.4 Å². The molecule has 0 heterocycles. The van der Waals surface area contributed by atoms with Gasteiger partial charge in [0, 0.05) is 24.1 Å². The minimum absolute atomic E-state index is 0.0421. The lowest BCUT2D eigenvalue weighted by atomic mass is 9.62. The van der Waals surface area contributed by atoms with Crippen LogP contribution in [0.5, 0.6) is 0 Å². The van der Waals surface area contributed by atoms with E-state index in [1.807, 2.05) is 0 Å². The van der Waals surface area contributed by atoms with E-state index in [2.05, 4.69) is 137 Å². The average Bonchev–Trinajstić information content (AvgIpc) is 2.96. The van der Waals surface area contributed by atoms with Crippen LogP contribution in [0.2, 0.25) is 104 Å². The summed E-state index contributed by atoms with van der Waals surface area (Å²) < 4.78 is 43.6. The van der Waals surface area contributed by atoms with Gasteiger partial charge in [-0.3, -0.25) is 0 Å². The molecule has 0 aliphatic heterocycles. The largest absolute Gasteiger partial charge is 0.459 e. The molecule has 0 bridgehead atoms. The van der Waals surface area contributed by atoms with Crippen LogP contribution in [-0.4, -0.2) is 101 Å². The van der Waals surface area contributed by atoms with E-state index in [9.17, 15) is 14.4 Å². The van der Waals surface area contributed by atoms with E-state index < -0.39 is 68.5 Å². The van der Waals surface area contributed by atoms with Crippen molar-refractivity contribution in [2.45, 2.75) is 182 Å². The first-order valence-electron chi connectivity index (χ1n) is 21.4. The Balaban J connectivity index is 3.10. The van der Waals surface area contributed by atoms with E-state index in [0.29, 0.717) is 19.6 Å². The van der Waals surface area contributed by atoms with Crippen molar-refractivity contribution in [1.29, 1.82) is 0 Å². The molecule has 1 aliphatic rings. The van der Waals surface area contributed by atoms with Crippen molar-refractivity contribution >= 4 is 68.5 Å². The molecule has 0 aromatic rings. The molecule has 2 N–H and O–H groups in total. The average molecular weight is 924 g/mol. The monoisotopic (exact) mass is 922 g/mol. The van der Waals surface area contributed by atoms with Crippen molar-refractivity contribution in [2.24, 2.45) is 16.2 Å².